The number of carbonyl (C=O) groups excluding carboxylic acids is 1. The van der Waals surface area contributed by atoms with Crippen molar-refractivity contribution in [2.45, 2.75) is 17.7 Å². The van der Waals surface area contributed by atoms with Crippen LogP contribution in [0.1, 0.15) is 17.3 Å². The van der Waals surface area contributed by atoms with Gasteiger partial charge in [-0.1, -0.05) is 12.1 Å². The summed E-state index contributed by atoms with van der Waals surface area (Å²) in [6.07, 6.45) is 0. The lowest BCUT2D eigenvalue weighted by atomic mass is 10.2. The molecule has 0 unspecified atom stereocenters. The fourth-order valence-corrected chi connectivity index (χ4v) is 2.35. The Bertz CT molecular complexity index is 579. The minimum Gasteiger partial charge on any atom is -0.325 e. The maximum atomic E-state index is 12.9. The number of sulfonamides is 1. The molecule has 1 aromatic carbocycles. The first-order chi connectivity index (χ1) is 8.68. The van der Waals surface area contributed by atoms with Gasteiger partial charge in [-0.3, -0.25) is 4.79 Å². The molecule has 114 valence electrons. The van der Waals surface area contributed by atoms with E-state index in [0.717, 1.165) is 6.07 Å². The third-order valence-corrected chi connectivity index (χ3v) is 3.77. The lowest BCUT2D eigenvalue weighted by Crippen LogP contribution is -2.41. The summed E-state index contributed by atoms with van der Waals surface area (Å²) >= 11 is 0. The molecular formula is C11H15ClF2N2O3S. The van der Waals surface area contributed by atoms with Gasteiger partial charge in [-0.15, -0.1) is 12.4 Å². The molecule has 0 bridgehead atoms. The summed E-state index contributed by atoms with van der Waals surface area (Å²) in [7, 11) is -4.10. The summed E-state index contributed by atoms with van der Waals surface area (Å²) in [4.78, 5) is 10.9. The number of ketones is 1. The number of rotatable bonds is 6. The van der Waals surface area contributed by atoms with Crippen molar-refractivity contribution in [3.05, 3.63) is 29.8 Å². The molecule has 0 spiro atoms. The van der Waals surface area contributed by atoms with Crippen molar-refractivity contribution in [1.29, 1.82) is 0 Å². The van der Waals surface area contributed by atoms with E-state index in [1.165, 1.54) is 25.1 Å². The van der Waals surface area contributed by atoms with Crippen LogP contribution in [0.15, 0.2) is 29.2 Å². The Morgan fingerprint density at radius 2 is 2.00 bits per heavy atom. The lowest BCUT2D eigenvalue weighted by molar-refractivity contribution is 0.0170. The molecule has 0 saturated heterocycles. The largest absolute Gasteiger partial charge is 0.325 e. The normalized spacial score (nSPS) is 11.8. The van der Waals surface area contributed by atoms with Crippen LogP contribution in [-0.2, 0) is 10.0 Å². The van der Waals surface area contributed by atoms with Gasteiger partial charge in [0.15, 0.2) is 5.78 Å². The quantitative estimate of drug-likeness (QED) is 0.767. The number of halogens is 3. The Balaban J connectivity index is 0.00000361. The summed E-state index contributed by atoms with van der Waals surface area (Å²) in [5.74, 6) is -3.63. The molecule has 0 saturated carbocycles. The fourth-order valence-electron chi connectivity index (χ4n) is 1.24. The maximum Gasteiger partial charge on any atom is 0.273 e. The summed E-state index contributed by atoms with van der Waals surface area (Å²) in [6, 6.07) is 5.16. The van der Waals surface area contributed by atoms with Gasteiger partial charge in [0.05, 0.1) is 18.0 Å². The van der Waals surface area contributed by atoms with E-state index < -0.39 is 29.0 Å². The van der Waals surface area contributed by atoms with Gasteiger partial charge < -0.3 is 5.73 Å². The van der Waals surface area contributed by atoms with E-state index in [2.05, 4.69) is 0 Å². The average molecular weight is 329 g/mol. The zero-order valence-electron chi connectivity index (χ0n) is 10.6. The van der Waals surface area contributed by atoms with Crippen molar-refractivity contribution in [2.75, 3.05) is 13.1 Å². The van der Waals surface area contributed by atoms with Crippen molar-refractivity contribution >= 4 is 28.2 Å². The van der Waals surface area contributed by atoms with Crippen molar-refractivity contribution < 1.29 is 22.0 Å². The number of Topliss-reactive ketones (excluding diaryl/α,β-unsaturated/α-hetero) is 1. The molecule has 9 heteroatoms. The Morgan fingerprint density at radius 1 is 1.40 bits per heavy atom. The molecule has 0 radical (unpaired) electrons. The van der Waals surface area contributed by atoms with Crippen LogP contribution in [0.25, 0.3) is 0 Å². The Kier molecular flexibility index (Phi) is 6.69. The molecule has 3 N–H and O–H groups in total. The third kappa shape index (κ3) is 5.12. The highest BCUT2D eigenvalue weighted by Crippen LogP contribution is 2.14. The summed E-state index contributed by atoms with van der Waals surface area (Å²) in [5, 5.41) is 0. The molecule has 0 heterocycles. The zero-order valence-corrected chi connectivity index (χ0v) is 12.2. The van der Waals surface area contributed by atoms with Crippen LogP contribution >= 0.6 is 12.4 Å². The molecule has 0 aliphatic heterocycles. The second-order valence-electron chi connectivity index (χ2n) is 3.97. The highest BCUT2D eigenvalue weighted by molar-refractivity contribution is 7.89. The van der Waals surface area contributed by atoms with E-state index >= 15 is 0 Å². The van der Waals surface area contributed by atoms with E-state index in [4.69, 9.17) is 5.73 Å². The maximum absolute atomic E-state index is 12.9. The number of alkyl halides is 2. The van der Waals surface area contributed by atoms with Gasteiger partial charge in [-0.05, 0) is 19.1 Å². The van der Waals surface area contributed by atoms with Crippen LogP contribution < -0.4 is 10.5 Å². The summed E-state index contributed by atoms with van der Waals surface area (Å²) in [5.41, 5.74) is 5.00. The smallest absolute Gasteiger partial charge is 0.273 e. The molecule has 1 rings (SSSR count). The van der Waals surface area contributed by atoms with E-state index in [1.54, 1.807) is 4.72 Å². The molecule has 1 aromatic rings. The predicted octanol–water partition coefficient (Wildman–Crippen LogP) is 1.18. The monoisotopic (exact) mass is 328 g/mol. The first-order valence-corrected chi connectivity index (χ1v) is 6.85. The Morgan fingerprint density at radius 3 is 2.50 bits per heavy atom. The molecule has 0 amide bonds. The highest BCUT2D eigenvalue weighted by atomic mass is 35.5. The highest BCUT2D eigenvalue weighted by Gasteiger charge is 2.29. The fraction of sp³-hybridized carbons (Fsp3) is 0.364. The van der Waals surface area contributed by atoms with E-state index in [-0.39, 0.29) is 28.6 Å². The lowest BCUT2D eigenvalue weighted by Gasteiger charge is -2.14. The molecule has 0 atom stereocenters. The standard InChI is InChI=1S/C11H14F2N2O3S.ClH/c1-8(16)9-3-2-4-10(5-9)19(17,18)15-7-11(12,13)6-14;/h2-5,15H,6-7,14H2,1H3;1H. The van der Waals surface area contributed by atoms with Crippen molar-refractivity contribution in [3.63, 3.8) is 0 Å². The van der Waals surface area contributed by atoms with Crippen molar-refractivity contribution in [2.24, 2.45) is 5.73 Å². The van der Waals surface area contributed by atoms with Gasteiger partial charge >= 0.3 is 0 Å². The van der Waals surface area contributed by atoms with Gasteiger partial charge in [-0.2, -0.15) is 0 Å². The molecule has 5 nitrogen and oxygen atoms in total. The topological polar surface area (TPSA) is 89.3 Å². The van der Waals surface area contributed by atoms with E-state index in [0.29, 0.717) is 0 Å². The average Bonchev–Trinajstić information content (AvgIpc) is 2.37. The van der Waals surface area contributed by atoms with Crippen molar-refractivity contribution in [1.82, 2.24) is 4.72 Å². The second kappa shape index (κ2) is 7.07. The molecule has 0 aliphatic rings. The van der Waals surface area contributed by atoms with Gasteiger partial charge in [0.25, 0.3) is 5.92 Å². The summed E-state index contributed by atoms with van der Waals surface area (Å²) in [6.45, 7) is -0.763. The third-order valence-electron chi connectivity index (χ3n) is 2.37. The number of hydrogen-bond acceptors (Lipinski definition) is 4. The number of carbonyl (C=O) groups is 1. The number of nitrogens with two attached hydrogens (primary N) is 1. The van der Waals surface area contributed by atoms with Crippen molar-refractivity contribution in [3.8, 4) is 0 Å². The number of hydrogen-bond donors (Lipinski definition) is 2. The first-order valence-electron chi connectivity index (χ1n) is 5.36. The Hall–Kier alpha value is -1.09. The molecule has 0 fully saturated rings. The van der Waals surface area contributed by atoms with Crippen LogP contribution in [0.2, 0.25) is 0 Å². The van der Waals surface area contributed by atoms with Gasteiger partial charge in [-0.25, -0.2) is 21.9 Å². The molecule has 0 aliphatic carbocycles. The molecule has 0 aromatic heterocycles. The van der Waals surface area contributed by atoms with Gasteiger partial charge in [0.1, 0.15) is 0 Å². The minimum absolute atomic E-state index is 0. The van der Waals surface area contributed by atoms with E-state index in [1.807, 2.05) is 0 Å². The first kappa shape index (κ1) is 18.9. The van der Waals surface area contributed by atoms with Crippen LogP contribution in [0, 0.1) is 0 Å². The van der Waals surface area contributed by atoms with E-state index in [9.17, 15) is 22.0 Å². The predicted molar refractivity (Wildman–Crippen MR) is 72.9 cm³/mol. The minimum atomic E-state index is -4.10. The Labute approximate surface area is 122 Å². The van der Waals surface area contributed by atoms with Crippen LogP contribution in [0.3, 0.4) is 0 Å². The second-order valence-corrected chi connectivity index (χ2v) is 5.74. The SMILES string of the molecule is CC(=O)c1cccc(S(=O)(=O)NCC(F)(F)CN)c1.Cl. The number of nitrogens with one attached hydrogen (secondary N) is 1. The molecular weight excluding hydrogens is 314 g/mol. The van der Waals surface area contributed by atoms with Crippen LogP contribution in [0.5, 0.6) is 0 Å². The number of benzene rings is 1. The van der Waals surface area contributed by atoms with Gasteiger partial charge in [0.2, 0.25) is 10.0 Å². The molecule has 20 heavy (non-hydrogen) atoms. The van der Waals surface area contributed by atoms with Crippen LogP contribution in [-0.4, -0.2) is 33.2 Å². The van der Waals surface area contributed by atoms with Crippen LogP contribution in [0.4, 0.5) is 8.78 Å². The van der Waals surface area contributed by atoms with Gasteiger partial charge in [0, 0.05) is 5.56 Å². The zero-order chi connectivity index (χ0) is 14.7. The summed E-state index contributed by atoms with van der Waals surface area (Å²) < 4.78 is 51.1.